The second-order valence-corrected chi connectivity index (χ2v) is 8.86. The molecule has 1 aromatic heterocycles. The Kier molecular flexibility index (Phi) is 4.62. The lowest BCUT2D eigenvalue weighted by molar-refractivity contribution is -0.0119. The predicted octanol–water partition coefficient (Wildman–Crippen LogP) is 2.17. The molecule has 1 aromatic rings. The molecule has 1 atom stereocenters. The molecule has 4 rings (SSSR count). The number of thioether (sulfide) groups is 1. The van der Waals surface area contributed by atoms with Crippen LogP contribution in [-0.2, 0) is 16.5 Å². The van der Waals surface area contributed by atoms with Gasteiger partial charge in [-0.3, -0.25) is 4.79 Å². The topological polar surface area (TPSA) is 43.7 Å². The molecular weight excluding hydrogens is 324 g/mol. The van der Waals surface area contributed by atoms with Gasteiger partial charge < -0.3 is 18.9 Å². The molecule has 0 unspecified atom stereocenters. The van der Waals surface area contributed by atoms with Crippen molar-refractivity contribution in [2.75, 3.05) is 38.7 Å². The molecule has 24 heavy (non-hydrogen) atoms. The number of carbonyl (C=O) groups excluding carboxylic acids is 1. The Morgan fingerprint density at radius 2 is 2.21 bits per heavy atom. The Morgan fingerprint density at radius 1 is 1.42 bits per heavy atom. The summed E-state index contributed by atoms with van der Waals surface area (Å²) in [5.74, 6) is 1.88. The summed E-state index contributed by atoms with van der Waals surface area (Å²) in [6.07, 6.45) is 5.61. The van der Waals surface area contributed by atoms with Gasteiger partial charge in [0.25, 0.3) is 5.91 Å². The van der Waals surface area contributed by atoms with Crippen molar-refractivity contribution in [2.24, 2.45) is 13.0 Å². The van der Waals surface area contributed by atoms with Crippen LogP contribution in [0.4, 0.5) is 0 Å². The van der Waals surface area contributed by atoms with Gasteiger partial charge in [-0.1, -0.05) is 0 Å². The van der Waals surface area contributed by atoms with Gasteiger partial charge in [-0.15, -0.1) is 11.8 Å². The molecule has 0 aliphatic carbocycles. The van der Waals surface area contributed by atoms with Crippen LogP contribution in [0.25, 0.3) is 0 Å². The number of aromatic nitrogens is 1. The first-order chi connectivity index (χ1) is 11.7. The average Bonchev–Trinajstić information content (AvgIpc) is 3.18. The van der Waals surface area contributed by atoms with E-state index in [4.69, 9.17) is 9.47 Å². The molecule has 0 aromatic carbocycles. The highest BCUT2D eigenvalue weighted by Gasteiger charge is 2.51. The Hall–Kier alpha value is -0.980. The van der Waals surface area contributed by atoms with Gasteiger partial charge in [-0.25, -0.2) is 0 Å². The van der Waals surface area contributed by atoms with Crippen LogP contribution in [0.5, 0.6) is 0 Å². The molecular formula is C18H26N2O3S. The third kappa shape index (κ3) is 3.24. The van der Waals surface area contributed by atoms with Crippen LogP contribution in [-0.4, -0.2) is 64.9 Å². The van der Waals surface area contributed by atoms with Crippen LogP contribution >= 0.6 is 11.8 Å². The summed E-state index contributed by atoms with van der Waals surface area (Å²) < 4.78 is 13.7. The summed E-state index contributed by atoms with van der Waals surface area (Å²) in [6.45, 7) is 4.36. The minimum absolute atomic E-state index is 0.153. The van der Waals surface area contributed by atoms with E-state index in [9.17, 15) is 4.79 Å². The molecule has 0 bridgehead atoms. The highest BCUT2D eigenvalue weighted by molar-refractivity contribution is 8.01. The smallest absolute Gasteiger partial charge is 0.270 e. The minimum atomic E-state index is 0.153. The molecule has 0 saturated carbocycles. The zero-order valence-electron chi connectivity index (χ0n) is 14.3. The molecule has 3 aliphatic rings. The highest BCUT2D eigenvalue weighted by atomic mass is 32.2. The van der Waals surface area contributed by atoms with Crippen molar-refractivity contribution in [3.05, 3.63) is 24.0 Å². The minimum Gasteiger partial charge on any atom is -0.381 e. The molecule has 3 saturated heterocycles. The Balaban J connectivity index is 1.24. The number of ether oxygens (including phenoxy) is 2. The fourth-order valence-corrected chi connectivity index (χ4v) is 5.50. The zero-order valence-corrected chi connectivity index (χ0v) is 15.1. The molecule has 0 radical (unpaired) electrons. The Labute approximate surface area is 147 Å². The van der Waals surface area contributed by atoms with Gasteiger partial charge in [-0.05, 0) is 37.3 Å². The second kappa shape index (κ2) is 6.73. The standard InChI is InChI=1S/C18H26N2O3S/c1-19-6-2-3-16(19)17(21)20-12-18(13-20)9-15(11-24-18)23-10-14-4-7-22-8-5-14/h2-3,6,14-15H,4-5,7-13H2,1H3/t15-/m1/s1. The Bertz CT molecular complexity index is 591. The molecule has 3 aliphatic heterocycles. The zero-order chi connectivity index (χ0) is 16.6. The quantitative estimate of drug-likeness (QED) is 0.835. The lowest BCUT2D eigenvalue weighted by Gasteiger charge is -2.47. The van der Waals surface area contributed by atoms with E-state index >= 15 is 0 Å². The molecule has 132 valence electrons. The first-order valence-corrected chi connectivity index (χ1v) is 9.88. The van der Waals surface area contributed by atoms with E-state index in [0.29, 0.717) is 12.0 Å². The number of nitrogens with zero attached hydrogens (tertiary/aromatic N) is 2. The lowest BCUT2D eigenvalue weighted by atomic mass is 9.92. The number of likely N-dealkylation sites (tertiary alicyclic amines) is 1. The maximum Gasteiger partial charge on any atom is 0.270 e. The predicted molar refractivity (Wildman–Crippen MR) is 94.4 cm³/mol. The normalized spacial score (nSPS) is 26.7. The van der Waals surface area contributed by atoms with Crippen molar-refractivity contribution in [3.8, 4) is 0 Å². The number of hydrogen-bond acceptors (Lipinski definition) is 4. The van der Waals surface area contributed by atoms with Gasteiger partial charge in [-0.2, -0.15) is 0 Å². The van der Waals surface area contributed by atoms with Gasteiger partial charge in [0.05, 0.1) is 10.9 Å². The van der Waals surface area contributed by atoms with E-state index in [-0.39, 0.29) is 10.7 Å². The fraction of sp³-hybridized carbons (Fsp3) is 0.722. The van der Waals surface area contributed by atoms with Gasteiger partial charge in [0.2, 0.25) is 0 Å². The summed E-state index contributed by atoms with van der Waals surface area (Å²) >= 11 is 2.00. The van der Waals surface area contributed by atoms with Crippen molar-refractivity contribution in [2.45, 2.75) is 30.1 Å². The number of rotatable bonds is 4. The van der Waals surface area contributed by atoms with E-state index in [1.807, 2.05) is 46.6 Å². The molecule has 1 spiro atoms. The molecule has 6 heteroatoms. The van der Waals surface area contributed by atoms with Crippen molar-refractivity contribution in [1.29, 1.82) is 0 Å². The largest absolute Gasteiger partial charge is 0.381 e. The summed E-state index contributed by atoms with van der Waals surface area (Å²) in [5, 5.41) is 0. The molecule has 4 heterocycles. The van der Waals surface area contributed by atoms with Gasteiger partial charge in [0, 0.05) is 51.9 Å². The van der Waals surface area contributed by atoms with Gasteiger partial charge in [0.1, 0.15) is 5.69 Å². The van der Waals surface area contributed by atoms with Crippen LogP contribution in [0, 0.1) is 5.92 Å². The van der Waals surface area contributed by atoms with E-state index in [1.165, 1.54) is 0 Å². The first kappa shape index (κ1) is 16.5. The van der Waals surface area contributed by atoms with E-state index in [1.54, 1.807) is 0 Å². The molecule has 5 nitrogen and oxygen atoms in total. The third-order valence-corrected chi connectivity index (χ3v) is 7.07. The molecule has 3 fully saturated rings. The molecule has 0 N–H and O–H groups in total. The van der Waals surface area contributed by atoms with Crippen LogP contribution in [0.15, 0.2) is 18.3 Å². The second-order valence-electron chi connectivity index (χ2n) is 7.37. The average molecular weight is 350 g/mol. The SMILES string of the molecule is Cn1cccc1C(=O)N1CC2(C[C@@H](OCC3CCOCC3)CS2)C1. The lowest BCUT2D eigenvalue weighted by Crippen LogP contribution is -2.61. The van der Waals surface area contributed by atoms with Crippen LogP contribution < -0.4 is 0 Å². The number of amides is 1. The monoisotopic (exact) mass is 350 g/mol. The van der Waals surface area contributed by atoms with Crippen molar-refractivity contribution < 1.29 is 14.3 Å². The Morgan fingerprint density at radius 3 is 2.92 bits per heavy atom. The van der Waals surface area contributed by atoms with Crippen molar-refractivity contribution in [1.82, 2.24) is 9.47 Å². The maximum absolute atomic E-state index is 12.5. The number of hydrogen-bond donors (Lipinski definition) is 0. The summed E-state index contributed by atoms with van der Waals surface area (Å²) in [7, 11) is 1.92. The number of aryl methyl sites for hydroxylation is 1. The van der Waals surface area contributed by atoms with E-state index < -0.39 is 0 Å². The first-order valence-electron chi connectivity index (χ1n) is 8.89. The van der Waals surface area contributed by atoms with Crippen LogP contribution in [0.2, 0.25) is 0 Å². The van der Waals surface area contributed by atoms with E-state index in [2.05, 4.69) is 0 Å². The van der Waals surface area contributed by atoms with Gasteiger partial charge in [0.15, 0.2) is 0 Å². The number of carbonyl (C=O) groups is 1. The van der Waals surface area contributed by atoms with Crippen molar-refractivity contribution >= 4 is 17.7 Å². The molecule has 1 amide bonds. The van der Waals surface area contributed by atoms with Crippen LogP contribution in [0.1, 0.15) is 29.8 Å². The summed E-state index contributed by atoms with van der Waals surface area (Å²) in [5.41, 5.74) is 0.778. The maximum atomic E-state index is 12.5. The highest BCUT2D eigenvalue weighted by Crippen LogP contribution is 2.46. The third-order valence-electron chi connectivity index (χ3n) is 5.49. The summed E-state index contributed by atoms with van der Waals surface area (Å²) in [6, 6.07) is 3.82. The fourth-order valence-electron chi connectivity index (χ4n) is 3.95. The van der Waals surface area contributed by atoms with E-state index in [0.717, 1.165) is 63.6 Å². The summed E-state index contributed by atoms with van der Waals surface area (Å²) in [4.78, 5) is 14.5. The van der Waals surface area contributed by atoms with Crippen LogP contribution in [0.3, 0.4) is 0 Å². The van der Waals surface area contributed by atoms with Crippen molar-refractivity contribution in [3.63, 3.8) is 0 Å². The van der Waals surface area contributed by atoms with Gasteiger partial charge >= 0.3 is 0 Å².